The van der Waals surface area contributed by atoms with Gasteiger partial charge >= 0.3 is 17.1 Å². The first-order valence-corrected chi connectivity index (χ1v) is 0. The van der Waals surface area contributed by atoms with E-state index >= 15 is 0 Å². The molecule has 0 rings (SSSR count). The molecule has 0 fully saturated rings. The van der Waals surface area contributed by atoms with Gasteiger partial charge in [0.25, 0.3) is 0 Å². The quantitative estimate of drug-likeness (QED) is 0.415. The van der Waals surface area contributed by atoms with Crippen molar-refractivity contribution in [2.45, 2.75) is 0 Å². The van der Waals surface area contributed by atoms with Crippen LogP contribution in [0.25, 0.3) is 0 Å². The van der Waals surface area contributed by atoms with Crippen LogP contribution in [0.15, 0.2) is 0 Å². The van der Waals surface area contributed by atoms with Crippen LogP contribution in [0, 0.1) is 0 Å². The Morgan fingerprint density at radius 3 is 0.500 bits per heavy atom. The standard InChI is InChI=1S/Cu.4H2O.W/h;4*1H2;/q+2;;;;;. The predicted molar refractivity (Wildman–Crippen MR) is 14.5 cm³/mol. The maximum Gasteiger partial charge on any atom is 2.00 e. The Hall–Kier alpha value is 1.05. The third-order valence-corrected chi connectivity index (χ3v) is 0. The van der Waals surface area contributed by atoms with Gasteiger partial charge in [-0.3, -0.25) is 0 Å². The molecule has 1 radical (unpaired) electrons. The molecule has 0 aromatic carbocycles. The maximum atomic E-state index is 0. The summed E-state index contributed by atoms with van der Waals surface area (Å²) in [5.74, 6) is 0. The van der Waals surface area contributed by atoms with Crippen molar-refractivity contribution in [1.29, 1.82) is 0 Å². The topological polar surface area (TPSA) is 126 Å². The fourth-order valence-corrected chi connectivity index (χ4v) is 0. The Morgan fingerprint density at radius 2 is 0.500 bits per heavy atom. The van der Waals surface area contributed by atoms with E-state index < -0.39 is 0 Å². The molecule has 0 bridgehead atoms. The van der Waals surface area contributed by atoms with Gasteiger partial charge in [0.2, 0.25) is 0 Å². The Labute approximate surface area is 60.3 Å². The van der Waals surface area contributed by atoms with Crippen molar-refractivity contribution in [2.24, 2.45) is 0 Å². The largest absolute Gasteiger partial charge is 2.00 e. The summed E-state index contributed by atoms with van der Waals surface area (Å²) in [6.07, 6.45) is 0. The maximum absolute atomic E-state index is 0. The molecular formula is H8CuO4W+2. The summed E-state index contributed by atoms with van der Waals surface area (Å²) in [5, 5.41) is 0. The van der Waals surface area contributed by atoms with Crippen LogP contribution in [0.3, 0.4) is 0 Å². The van der Waals surface area contributed by atoms with E-state index in [1.54, 1.807) is 0 Å². The Bertz CT molecular complexity index is 7.51. The first kappa shape index (κ1) is 235. The molecule has 4 nitrogen and oxygen atoms in total. The van der Waals surface area contributed by atoms with Crippen LogP contribution in [-0.4, -0.2) is 21.9 Å². The minimum atomic E-state index is 0. The molecule has 0 atom stereocenters. The molecular weight excluding hydrogens is 311 g/mol. The molecule has 0 aromatic rings. The van der Waals surface area contributed by atoms with E-state index in [1.807, 2.05) is 0 Å². The van der Waals surface area contributed by atoms with Crippen LogP contribution < -0.4 is 0 Å². The van der Waals surface area contributed by atoms with Gasteiger partial charge in [0.05, 0.1) is 0 Å². The van der Waals surface area contributed by atoms with E-state index in [4.69, 9.17) is 0 Å². The molecule has 0 amide bonds. The molecule has 0 aliphatic rings. The second-order valence-electron chi connectivity index (χ2n) is 0. The molecule has 0 aliphatic heterocycles. The summed E-state index contributed by atoms with van der Waals surface area (Å²) in [6.45, 7) is 0. The van der Waals surface area contributed by atoms with Gasteiger partial charge in [-0.1, -0.05) is 0 Å². The zero-order chi connectivity index (χ0) is 0. The van der Waals surface area contributed by atoms with Crippen molar-refractivity contribution in [3.05, 3.63) is 0 Å². The van der Waals surface area contributed by atoms with Gasteiger partial charge in [-0.05, 0) is 0 Å². The molecule has 0 aromatic heterocycles. The summed E-state index contributed by atoms with van der Waals surface area (Å²) in [7, 11) is 0. The fraction of sp³-hybridized carbons (Fsp3) is 0. The van der Waals surface area contributed by atoms with Gasteiger partial charge in [0, 0.05) is 21.1 Å². The van der Waals surface area contributed by atoms with Crippen LogP contribution >= 0.6 is 0 Å². The minimum absolute atomic E-state index is 0. The average molecular weight is 319 g/mol. The van der Waals surface area contributed by atoms with Crippen LogP contribution in [0.1, 0.15) is 0 Å². The zero-order valence-electron chi connectivity index (χ0n) is 2.71. The number of hydrogen-bond acceptors (Lipinski definition) is 0. The van der Waals surface area contributed by atoms with Crippen molar-refractivity contribution < 1.29 is 60.0 Å². The summed E-state index contributed by atoms with van der Waals surface area (Å²) in [5.41, 5.74) is 0. The second kappa shape index (κ2) is 140. The molecule has 8 N–H and O–H groups in total. The first-order chi connectivity index (χ1) is 0. The molecule has 0 saturated carbocycles. The monoisotopic (exact) mass is 319 g/mol. The van der Waals surface area contributed by atoms with E-state index in [1.165, 1.54) is 0 Å². The van der Waals surface area contributed by atoms with E-state index in [-0.39, 0.29) is 60.0 Å². The van der Waals surface area contributed by atoms with Crippen LogP contribution in [0.2, 0.25) is 0 Å². The van der Waals surface area contributed by atoms with Crippen molar-refractivity contribution >= 4 is 0 Å². The minimum Gasteiger partial charge on any atom is -0.412 e. The van der Waals surface area contributed by atoms with E-state index in [0.29, 0.717) is 0 Å². The number of rotatable bonds is 0. The summed E-state index contributed by atoms with van der Waals surface area (Å²) in [4.78, 5) is 0. The fourth-order valence-electron chi connectivity index (χ4n) is 0. The van der Waals surface area contributed by atoms with Crippen LogP contribution in [-0.2, 0) is 38.1 Å². The third-order valence-electron chi connectivity index (χ3n) is 0. The Balaban J connectivity index is 0. The van der Waals surface area contributed by atoms with Gasteiger partial charge in [0.15, 0.2) is 0 Å². The van der Waals surface area contributed by atoms with Gasteiger partial charge in [0.1, 0.15) is 0 Å². The Morgan fingerprint density at radius 1 is 0.500 bits per heavy atom. The zero-order valence-corrected chi connectivity index (χ0v) is 6.58. The predicted octanol–water partition coefficient (Wildman–Crippen LogP) is -3.30. The summed E-state index contributed by atoms with van der Waals surface area (Å²) in [6, 6.07) is 0. The van der Waals surface area contributed by atoms with Gasteiger partial charge in [-0.2, -0.15) is 0 Å². The third kappa shape index (κ3) is 75.3. The first-order valence-electron chi connectivity index (χ1n) is 0. The average Bonchev–Trinajstić information content (AvgIpc) is 0. The van der Waals surface area contributed by atoms with Crippen molar-refractivity contribution in [1.82, 2.24) is 0 Å². The van der Waals surface area contributed by atoms with E-state index in [9.17, 15) is 0 Å². The molecule has 0 spiro atoms. The molecule has 0 aliphatic carbocycles. The molecule has 6 heteroatoms. The second-order valence-corrected chi connectivity index (χ2v) is 0. The SMILES string of the molecule is O.O.O.O.[Cu+2].[W]. The smallest absolute Gasteiger partial charge is 0.412 e. The summed E-state index contributed by atoms with van der Waals surface area (Å²) >= 11 is 0. The molecule has 47 valence electrons. The molecule has 6 heavy (non-hydrogen) atoms. The van der Waals surface area contributed by atoms with Gasteiger partial charge < -0.3 is 21.9 Å². The van der Waals surface area contributed by atoms with Crippen LogP contribution in [0.4, 0.5) is 0 Å². The van der Waals surface area contributed by atoms with Crippen LogP contribution in [0.5, 0.6) is 0 Å². The van der Waals surface area contributed by atoms with Crippen molar-refractivity contribution in [3.8, 4) is 0 Å². The van der Waals surface area contributed by atoms with Gasteiger partial charge in [-0.25, -0.2) is 0 Å². The van der Waals surface area contributed by atoms with Crippen molar-refractivity contribution in [3.63, 3.8) is 0 Å². The molecule has 0 unspecified atom stereocenters. The van der Waals surface area contributed by atoms with Gasteiger partial charge in [-0.15, -0.1) is 0 Å². The molecule has 0 saturated heterocycles. The number of hydrogen-bond donors (Lipinski definition) is 0. The summed E-state index contributed by atoms with van der Waals surface area (Å²) < 4.78 is 0. The van der Waals surface area contributed by atoms with E-state index in [0.717, 1.165) is 0 Å². The van der Waals surface area contributed by atoms with E-state index in [2.05, 4.69) is 0 Å². The molecule has 0 heterocycles. The van der Waals surface area contributed by atoms with Crippen molar-refractivity contribution in [2.75, 3.05) is 0 Å². The Kier molecular flexibility index (Phi) is 5490. The normalized spacial score (nSPS) is 0.